The first kappa shape index (κ1) is 14.9. The van der Waals surface area contributed by atoms with Gasteiger partial charge in [0, 0.05) is 15.5 Å². The molecule has 0 aliphatic heterocycles. The van der Waals surface area contributed by atoms with E-state index in [9.17, 15) is 8.42 Å². The minimum absolute atomic E-state index is 0.0554. The van der Waals surface area contributed by atoms with Crippen molar-refractivity contribution in [1.29, 1.82) is 0 Å². The molecular weight excluding hydrogens is 372 g/mol. The monoisotopic (exact) mass is 384 g/mol. The lowest BCUT2D eigenvalue weighted by Gasteiger charge is -2.10. The minimum atomic E-state index is -3.31. The lowest BCUT2D eigenvalue weighted by atomic mass is 10.3. The van der Waals surface area contributed by atoms with Crippen LogP contribution in [0, 0.1) is 0 Å². The molecule has 0 aliphatic carbocycles. The molecule has 96 valence electrons. The Morgan fingerprint density at radius 2 is 2.00 bits per heavy atom. The van der Waals surface area contributed by atoms with Gasteiger partial charge in [-0.3, -0.25) is 4.72 Å². The third-order valence-electron chi connectivity index (χ3n) is 1.99. The molecule has 1 rings (SSSR count). The van der Waals surface area contributed by atoms with Crippen molar-refractivity contribution in [3.05, 3.63) is 27.1 Å². The molecule has 7 heteroatoms. The largest absolute Gasteiger partial charge is 0.316 e. The Morgan fingerprint density at radius 3 is 2.65 bits per heavy atom. The number of benzene rings is 1. The third kappa shape index (κ3) is 5.37. The van der Waals surface area contributed by atoms with Crippen LogP contribution in [0.25, 0.3) is 0 Å². The van der Waals surface area contributed by atoms with Gasteiger partial charge in [0.05, 0.1) is 11.4 Å². The predicted molar refractivity (Wildman–Crippen MR) is 77.8 cm³/mol. The Labute approximate surface area is 118 Å². The highest BCUT2D eigenvalue weighted by atomic mass is 79.9. The lowest BCUT2D eigenvalue weighted by molar-refractivity contribution is 0.597. The van der Waals surface area contributed by atoms with E-state index in [1.807, 2.05) is 13.0 Å². The normalized spacial score (nSPS) is 11.5. The molecule has 1 aromatic rings. The van der Waals surface area contributed by atoms with Crippen molar-refractivity contribution < 1.29 is 8.42 Å². The van der Waals surface area contributed by atoms with Crippen LogP contribution in [0.3, 0.4) is 0 Å². The smallest absolute Gasteiger partial charge is 0.234 e. The van der Waals surface area contributed by atoms with Gasteiger partial charge in [0.25, 0.3) is 0 Å². The Kier molecular flexibility index (Phi) is 5.91. The summed E-state index contributed by atoms with van der Waals surface area (Å²) in [6.07, 6.45) is 0. The Hall–Kier alpha value is -0.110. The number of anilines is 1. The fourth-order valence-electron chi connectivity index (χ4n) is 1.18. The zero-order valence-corrected chi connectivity index (χ0v) is 13.3. The summed E-state index contributed by atoms with van der Waals surface area (Å²) in [4.78, 5) is 0. The summed E-state index contributed by atoms with van der Waals surface area (Å²) >= 11 is 6.60. The zero-order valence-electron chi connectivity index (χ0n) is 9.33. The zero-order chi connectivity index (χ0) is 12.9. The summed E-state index contributed by atoms with van der Waals surface area (Å²) in [6.45, 7) is 3.14. The van der Waals surface area contributed by atoms with Gasteiger partial charge < -0.3 is 5.32 Å². The maximum Gasteiger partial charge on any atom is 0.234 e. The third-order valence-corrected chi connectivity index (χ3v) is 4.45. The average Bonchev–Trinajstić information content (AvgIpc) is 2.23. The van der Waals surface area contributed by atoms with E-state index in [0.29, 0.717) is 16.7 Å². The van der Waals surface area contributed by atoms with Crippen LogP contribution in [0.15, 0.2) is 27.1 Å². The average molecular weight is 386 g/mol. The second-order valence-corrected chi connectivity index (χ2v) is 7.01. The molecule has 1 aromatic carbocycles. The van der Waals surface area contributed by atoms with Crippen LogP contribution in [0.5, 0.6) is 0 Å². The highest BCUT2D eigenvalue weighted by Crippen LogP contribution is 2.26. The Balaban J connectivity index is 2.72. The number of sulfonamides is 1. The van der Waals surface area contributed by atoms with Crippen molar-refractivity contribution in [1.82, 2.24) is 5.32 Å². The van der Waals surface area contributed by atoms with Crippen molar-refractivity contribution in [2.75, 3.05) is 23.6 Å². The van der Waals surface area contributed by atoms with Crippen molar-refractivity contribution in [2.24, 2.45) is 0 Å². The molecule has 0 aromatic heterocycles. The molecule has 0 saturated heterocycles. The highest BCUT2D eigenvalue weighted by Gasteiger charge is 2.11. The number of hydrogen-bond acceptors (Lipinski definition) is 3. The van der Waals surface area contributed by atoms with Crippen LogP contribution in [0.2, 0.25) is 0 Å². The van der Waals surface area contributed by atoms with Crippen molar-refractivity contribution in [3.8, 4) is 0 Å². The molecule has 0 atom stereocenters. The van der Waals surface area contributed by atoms with Crippen LogP contribution in [-0.2, 0) is 10.0 Å². The maximum absolute atomic E-state index is 11.8. The van der Waals surface area contributed by atoms with E-state index in [-0.39, 0.29) is 5.75 Å². The summed E-state index contributed by atoms with van der Waals surface area (Å²) in [7, 11) is -3.31. The molecule has 0 bridgehead atoms. The number of hydrogen-bond donors (Lipinski definition) is 2. The van der Waals surface area contributed by atoms with E-state index < -0.39 is 10.0 Å². The molecule has 0 spiro atoms. The summed E-state index contributed by atoms with van der Waals surface area (Å²) in [5.74, 6) is 0.0554. The minimum Gasteiger partial charge on any atom is -0.316 e. The first-order chi connectivity index (χ1) is 7.94. The summed E-state index contributed by atoms with van der Waals surface area (Å²) in [5, 5.41) is 2.98. The molecule has 0 saturated carbocycles. The van der Waals surface area contributed by atoms with Crippen LogP contribution in [0.4, 0.5) is 5.69 Å². The molecule has 0 amide bonds. The van der Waals surface area contributed by atoms with E-state index in [2.05, 4.69) is 41.9 Å². The van der Waals surface area contributed by atoms with Gasteiger partial charge in [-0.25, -0.2) is 8.42 Å². The van der Waals surface area contributed by atoms with Crippen LogP contribution in [0.1, 0.15) is 6.92 Å². The van der Waals surface area contributed by atoms with Gasteiger partial charge in [0.2, 0.25) is 10.0 Å². The van der Waals surface area contributed by atoms with E-state index in [4.69, 9.17) is 0 Å². The fourth-order valence-corrected chi connectivity index (χ4v) is 3.03. The molecular formula is C10H14Br2N2O2S. The molecule has 0 fully saturated rings. The molecule has 0 unspecified atom stereocenters. The Morgan fingerprint density at radius 1 is 1.29 bits per heavy atom. The van der Waals surface area contributed by atoms with Gasteiger partial charge in [-0.2, -0.15) is 0 Å². The van der Waals surface area contributed by atoms with Gasteiger partial charge in [-0.05, 0) is 40.7 Å². The summed E-state index contributed by atoms with van der Waals surface area (Å²) in [5.41, 5.74) is 0.538. The van der Waals surface area contributed by atoms with E-state index >= 15 is 0 Å². The SMILES string of the molecule is CCNCCS(=O)(=O)Nc1cc(Br)ccc1Br. The maximum atomic E-state index is 11.8. The van der Waals surface area contributed by atoms with Crippen LogP contribution in [-0.4, -0.2) is 27.3 Å². The van der Waals surface area contributed by atoms with Crippen molar-refractivity contribution in [3.63, 3.8) is 0 Å². The van der Waals surface area contributed by atoms with E-state index in [1.54, 1.807) is 12.1 Å². The number of halogens is 2. The quantitative estimate of drug-likeness (QED) is 0.740. The molecule has 0 aliphatic rings. The van der Waals surface area contributed by atoms with Gasteiger partial charge in [-0.1, -0.05) is 22.9 Å². The molecule has 17 heavy (non-hydrogen) atoms. The highest BCUT2D eigenvalue weighted by molar-refractivity contribution is 9.11. The Bertz CT molecular complexity index is 477. The molecule has 0 heterocycles. The van der Waals surface area contributed by atoms with Gasteiger partial charge in [0.15, 0.2) is 0 Å². The standard InChI is InChI=1S/C10H14Br2N2O2S/c1-2-13-5-6-17(15,16)14-10-7-8(11)3-4-9(10)12/h3-4,7,13-14H,2,5-6H2,1H3. The second kappa shape index (κ2) is 6.72. The number of nitrogens with one attached hydrogen (secondary N) is 2. The fraction of sp³-hybridized carbons (Fsp3) is 0.400. The van der Waals surface area contributed by atoms with Gasteiger partial charge >= 0.3 is 0 Å². The van der Waals surface area contributed by atoms with Crippen LogP contribution >= 0.6 is 31.9 Å². The summed E-state index contributed by atoms with van der Waals surface area (Å²) in [6, 6.07) is 5.33. The van der Waals surface area contributed by atoms with E-state index in [1.165, 1.54) is 0 Å². The van der Waals surface area contributed by atoms with Gasteiger partial charge in [-0.15, -0.1) is 0 Å². The summed E-state index contributed by atoms with van der Waals surface area (Å²) < 4.78 is 27.6. The van der Waals surface area contributed by atoms with Crippen molar-refractivity contribution >= 4 is 47.6 Å². The lowest BCUT2D eigenvalue weighted by Crippen LogP contribution is -2.26. The van der Waals surface area contributed by atoms with Gasteiger partial charge in [0.1, 0.15) is 0 Å². The predicted octanol–water partition coefficient (Wildman–Crippen LogP) is 2.56. The molecule has 0 radical (unpaired) electrons. The molecule has 2 N–H and O–H groups in total. The second-order valence-electron chi connectivity index (χ2n) is 3.40. The molecule has 4 nitrogen and oxygen atoms in total. The number of rotatable bonds is 6. The van der Waals surface area contributed by atoms with E-state index in [0.717, 1.165) is 11.0 Å². The first-order valence-electron chi connectivity index (χ1n) is 5.11. The van der Waals surface area contributed by atoms with Crippen LogP contribution < -0.4 is 10.0 Å². The van der Waals surface area contributed by atoms with Crippen molar-refractivity contribution in [2.45, 2.75) is 6.92 Å². The first-order valence-corrected chi connectivity index (χ1v) is 8.34. The topological polar surface area (TPSA) is 58.2 Å².